The number of benzene rings is 1. The zero-order valence-corrected chi connectivity index (χ0v) is 17.3. The SMILES string of the molecule is COc1ccccc1/C=c1/sc2nc([C@@H]3[C@@H](C=C(Cl)Cl)C3(C)C)nn2c1=O. The highest BCUT2D eigenvalue weighted by atomic mass is 35.5. The van der Waals surface area contributed by atoms with E-state index in [1.807, 2.05) is 36.4 Å². The predicted molar refractivity (Wildman–Crippen MR) is 109 cm³/mol. The molecule has 27 heavy (non-hydrogen) atoms. The normalized spacial score (nSPS) is 21.4. The van der Waals surface area contributed by atoms with Crippen LogP contribution in [0.25, 0.3) is 11.0 Å². The number of aromatic nitrogens is 3. The maximum atomic E-state index is 12.8. The third kappa shape index (κ3) is 3.16. The van der Waals surface area contributed by atoms with Crippen molar-refractivity contribution in [1.29, 1.82) is 0 Å². The second-order valence-electron chi connectivity index (χ2n) is 7.10. The van der Waals surface area contributed by atoms with Crippen molar-refractivity contribution in [3.8, 4) is 5.75 Å². The van der Waals surface area contributed by atoms with E-state index in [-0.39, 0.29) is 27.3 Å². The molecule has 0 aliphatic heterocycles. The quantitative estimate of drug-likeness (QED) is 0.643. The molecule has 1 aliphatic rings. The molecule has 5 nitrogen and oxygen atoms in total. The van der Waals surface area contributed by atoms with E-state index in [2.05, 4.69) is 23.9 Å². The van der Waals surface area contributed by atoms with Crippen LogP contribution in [0.5, 0.6) is 5.75 Å². The Morgan fingerprint density at radius 1 is 1.33 bits per heavy atom. The highest BCUT2D eigenvalue weighted by Crippen LogP contribution is 2.64. The summed E-state index contributed by atoms with van der Waals surface area (Å²) in [5.74, 6) is 1.62. The van der Waals surface area contributed by atoms with Crippen LogP contribution in [-0.4, -0.2) is 21.7 Å². The number of methoxy groups -OCH3 is 1. The van der Waals surface area contributed by atoms with Gasteiger partial charge in [-0.1, -0.05) is 66.6 Å². The number of thiazole rings is 1. The van der Waals surface area contributed by atoms with Crippen molar-refractivity contribution in [2.45, 2.75) is 19.8 Å². The third-order valence-electron chi connectivity index (χ3n) is 5.12. The fraction of sp³-hybridized carbons (Fsp3) is 0.316. The first-order chi connectivity index (χ1) is 12.8. The topological polar surface area (TPSA) is 56.5 Å². The average Bonchev–Trinajstić information content (AvgIpc) is 2.90. The highest BCUT2D eigenvalue weighted by Gasteiger charge is 2.59. The van der Waals surface area contributed by atoms with Gasteiger partial charge in [-0.15, -0.1) is 5.10 Å². The van der Waals surface area contributed by atoms with E-state index in [0.717, 1.165) is 5.56 Å². The Labute approximate surface area is 169 Å². The lowest BCUT2D eigenvalue weighted by atomic mass is 10.1. The molecule has 2 atom stereocenters. The second kappa shape index (κ2) is 6.62. The van der Waals surface area contributed by atoms with Crippen LogP contribution in [0.3, 0.4) is 0 Å². The van der Waals surface area contributed by atoms with Crippen molar-refractivity contribution >= 4 is 45.6 Å². The van der Waals surface area contributed by atoms with Crippen molar-refractivity contribution in [3.05, 3.63) is 61.1 Å². The summed E-state index contributed by atoms with van der Waals surface area (Å²) in [4.78, 5) is 17.9. The third-order valence-corrected chi connectivity index (χ3v) is 6.33. The van der Waals surface area contributed by atoms with Gasteiger partial charge in [0, 0.05) is 11.5 Å². The molecule has 1 saturated carbocycles. The van der Waals surface area contributed by atoms with Gasteiger partial charge in [0.25, 0.3) is 5.56 Å². The van der Waals surface area contributed by atoms with E-state index in [9.17, 15) is 4.79 Å². The van der Waals surface area contributed by atoms with Crippen molar-refractivity contribution in [3.63, 3.8) is 0 Å². The number of rotatable bonds is 4. The van der Waals surface area contributed by atoms with E-state index in [1.54, 1.807) is 7.11 Å². The van der Waals surface area contributed by atoms with Crippen LogP contribution in [0.4, 0.5) is 0 Å². The zero-order chi connectivity index (χ0) is 19.3. The van der Waals surface area contributed by atoms with Gasteiger partial charge in [-0.25, -0.2) is 4.98 Å². The lowest BCUT2D eigenvalue weighted by Gasteiger charge is -2.02. The molecule has 0 radical (unpaired) electrons. The number of fused-ring (bicyclic) bond motifs is 1. The van der Waals surface area contributed by atoms with E-state index in [1.165, 1.54) is 15.9 Å². The summed E-state index contributed by atoms with van der Waals surface area (Å²) in [6.07, 6.45) is 3.63. The molecule has 1 aliphatic carbocycles. The highest BCUT2D eigenvalue weighted by molar-refractivity contribution is 7.15. The van der Waals surface area contributed by atoms with Crippen LogP contribution >= 0.6 is 34.5 Å². The molecular weight excluding hydrogens is 405 g/mol. The number of hydrogen-bond acceptors (Lipinski definition) is 5. The molecule has 140 valence electrons. The van der Waals surface area contributed by atoms with Gasteiger partial charge in [-0.05, 0) is 29.6 Å². The van der Waals surface area contributed by atoms with Gasteiger partial charge in [0.05, 0.1) is 11.6 Å². The Morgan fingerprint density at radius 2 is 2.07 bits per heavy atom. The number of nitrogens with zero attached hydrogens (tertiary/aromatic N) is 3. The lowest BCUT2D eigenvalue weighted by molar-refractivity contribution is 0.414. The van der Waals surface area contributed by atoms with Crippen LogP contribution in [0.2, 0.25) is 0 Å². The Bertz CT molecular complexity index is 1160. The maximum absolute atomic E-state index is 12.8. The van der Waals surface area contributed by atoms with Crippen LogP contribution in [-0.2, 0) is 0 Å². The van der Waals surface area contributed by atoms with Gasteiger partial charge in [0.1, 0.15) is 10.2 Å². The summed E-state index contributed by atoms with van der Waals surface area (Å²) in [5.41, 5.74) is 0.620. The number of hydrogen-bond donors (Lipinski definition) is 0. The standard InChI is InChI=1S/C19H17Cl2N3O2S/c1-19(2)11(9-14(20)21)15(19)16-22-18-24(23-16)17(25)13(27-18)8-10-6-4-5-7-12(10)26-3/h4-9,11,15H,1-3H3/b13-8+/t11-,15+/m1/s1. The summed E-state index contributed by atoms with van der Waals surface area (Å²) >= 11 is 13.0. The van der Waals surface area contributed by atoms with Gasteiger partial charge in [-0.3, -0.25) is 4.79 Å². The molecule has 0 saturated heterocycles. The monoisotopic (exact) mass is 421 g/mol. The molecule has 2 aromatic heterocycles. The van der Waals surface area contributed by atoms with E-state index in [4.69, 9.17) is 27.9 Å². The predicted octanol–water partition coefficient (Wildman–Crippen LogP) is 3.77. The fourth-order valence-corrected chi connectivity index (χ4v) is 4.70. The zero-order valence-electron chi connectivity index (χ0n) is 14.9. The molecule has 8 heteroatoms. The van der Waals surface area contributed by atoms with Gasteiger partial charge in [0.15, 0.2) is 5.82 Å². The second-order valence-corrected chi connectivity index (χ2v) is 9.12. The van der Waals surface area contributed by atoms with Gasteiger partial charge in [0.2, 0.25) is 4.96 Å². The Kier molecular flexibility index (Phi) is 4.53. The molecule has 0 spiro atoms. The lowest BCUT2D eigenvalue weighted by Crippen LogP contribution is -2.23. The van der Waals surface area contributed by atoms with Crippen LogP contribution in [0.15, 0.2) is 39.6 Å². The van der Waals surface area contributed by atoms with E-state index in [0.29, 0.717) is 21.1 Å². The first kappa shape index (κ1) is 18.5. The number of para-hydroxylation sites is 1. The molecule has 0 unspecified atom stereocenters. The van der Waals surface area contributed by atoms with Crippen LogP contribution in [0, 0.1) is 11.3 Å². The molecule has 0 amide bonds. The molecule has 1 fully saturated rings. The van der Waals surface area contributed by atoms with E-state index >= 15 is 0 Å². The number of ether oxygens (including phenoxy) is 1. The summed E-state index contributed by atoms with van der Waals surface area (Å²) in [6, 6.07) is 7.55. The van der Waals surface area contributed by atoms with Gasteiger partial charge >= 0.3 is 0 Å². The Morgan fingerprint density at radius 3 is 2.74 bits per heavy atom. The van der Waals surface area contributed by atoms with Crippen molar-refractivity contribution in [1.82, 2.24) is 14.6 Å². The average molecular weight is 422 g/mol. The minimum Gasteiger partial charge on any atom is -0.496 e. The van der Waals surface area contributed by atoms with Crippen molar-refractivity contribution in [2.24, 2.45) is 11.3 Å². The minimum atomic E-state index is -0.180. The summed E-state index contributed by atoms with van der Waals surface area (Å²) in [7, 11) is 1.61. The summed E-state index contributed by atoms with van der Waals surface area (Å²) in [6.45, 7) is 4.23. The van der Waals surface area contributed by atoms with Gasteiger partial charge < -0.3 is 4.74 Å². The summed E-state index contributed by atoms with van der Waals surface area (Å²) in [5, 5.41) is 4.47. The number of halogens is 2. The molecule has 0 bridgehead atoms. The largest absolute Gasteiger partial charge is 0.496 e. The molecule has 3 aromatic rings. The van der Waals surface area contributed by atoms with Crippen LogP contribution in [0.1, 0.15) is 31.2 Å². The maximum Gasteiger partial charge on any atom is 0.291 e. The first-order valence-electron chi connectivity index (χ1n) is 8.40. The molecule has 0 N–H and O–H groups in total. The van der Waals surface area contributed by atoms with Crippen LogP contribution < -0.4 is 14.8 Å². The smallest absolute Gasteiger partial charge is 0.291 e. The molecule has 2 heterocycles. The van der Waals surface area contributed by atoms with Gasteiger partial charge in [-0.2, -0.15) is 4.52 Å². The Balaban J connectivity index is 1.74. The molecular formula is C19H17Cl2N3O2S. The first-order valence-corrected chi connectivity index (χ1v) is 9.97. The number of allylic oxidation sites excluding steroid dienone is 1. The molecule has 1 aromatic carbocycles. The fourth-order valence-electron chi connectivity index (χ4n) is 3.53. The minimum absolute atomic E-state index is 0.0402. The Hall–Kier alpha value is -1.89. The molecule has 4 rings (SSSR count). The summed E-state index contributed by atoms with van der Waals surface area (Å²) < 4.78 is 7.53. The van der Waals surface area contributed by atoms with Crippen molar-refractivity contribution < 1.29 is 4.74 Å². The van der Waals surface area contributed by atoms with Crippen molar-refractivity contribution in [2.75, 3.05) is 7.11 Å². The van der Waals surface area contributed by atoms with E-state index < -0.39 is 0 Å².